The number of phenolic OH excluding ortho intramolecular Hbond substituents is 1. The lowest BCUT2D eigenvalue weighted by atomic mass is 9.52. The number of Topliss-reactive ketones (excluding diaryl/α,β-unsaturated/α-hetero) is 4. The quantitative estimate of drug-likeness (QED) is 0.202. The number of aliphatic hydroxyl groups is 1. The van der Waals surface area contributed by atoms with Crippen molar-refractivity contribution in [2.24, 2.45) is 29.4 Å². The lowest BCUT2D eigenvalue weighted by molar-refractivity contribution is -0.181. The molecule has 3 amide bonds. The van der Waals surface area contributed by atoms with Gasteiger partial charge in [-0.2, -0.15) is 0 Å². The standard InChI is InChI=1S/C31H41N5O10/c1-7-9-36(30(44)46-8-2)13-19(37)33-17-12-18(34(3)4)15-10-14-11-16-23(35(5)6)26(40)22(29(32)43)28(42)31(16,45)27(41)20(14)25(39)21(15)24(17)38/h12,14,16,20,22-23,38,45H,7-11,13H2,1-6H3,(H2,32,43)(H,33,37)/t14-,16-,20?,22?,23-,31-/m0/s1. The summed E-state index contributed by atoms with van der Waals surface area (Å²) in [5.74, 6) is -12.5. The van der Waals surface area contributed by atoms with Gasteiger partial charge in [-0.1, -0.05) is 6.92 Å². The van der Waals surface area contributed by atoms with Gasteiger partial charge in [0, 0.05) is 32.2 Å². The van der Waals surface area contributed by atoms with Gasteiger partial charge in [0.05, 0.1) is 29.8 Å². The molecule has 0 aliphatic heterocycles. The zero-order valence-corrected chi connectivity index (χ0v) is 26.8. The summed E-state index contributed by atoms with van der Waals surface area (Å²) in [4.78, 5) is 96.8. The van der Waals surface area contributed by atoms with E-state index < -0.39 is 88.6 Å². The molecule has 0 radical (unpaired) electrons. The summed E-state index contributed by atoms with van der Waals surface area (Å²) in [6, 6.07) is 0.269. The Balaban J connectivity index is 1.77. The molecule has 3 aliphatic carbocycles. The van der Waals surface area contributed by atoms with Crippen LogP contribution in [-0.4, -0.2) is 121 Å². The molecule has 2 fully saturated rings. The van der Waals surface area contributed by atoms with E-state index in [2.05, 4.69) is 5.32 Å². The zero-order valence-electron chi connectivity index (χ0n) is 26.8. The van der Waals surface area contributed by atoms with Gasteiger partial charge < -0.3 is 30.9 Å². The minimum absolute atomic E-state index is 0.0638. The highest BCUT2D eigenvalue weighted by molar-refractivity contribution is 6.32. The number of amides is 3. The first-order valence-corrected chi connectivity index (χ1v) is 15.1. The minimum Gasteiger partial charge on any atom is -0.505 e. The van der Waals surface area contributed by atoms with Crippen LogP contribution < -0.4 is 16.0 Å². The molecule has 250 valence electrons. The number of ketones is 4. The molecule has 0 bridgehead atoms. The smallest absolute Gasteiger partial charge is 0.410 e. The SMILES string of the molecule is CCCN(CC(=O)Nc1cc(N(C)C)c2c(c1O)C(=O)C1C(=O)[C@]3(O)C(=O)C(C(N)=O)C(=O)[C@@H](N(C)C)[C@@H]3C[C@@H]1C2)C(=O)OCC. The average Bonchev–Trinajstić information content (AvgIpc) is 2.95. The summed E-state index contributed by atoms with van der Waals surface area (Å²) < 4.78 is 5.01. The Bertz CT molecular complexity index is 1510. The number of carbonyl (C=O) groups is 7. The third kappa shape index (κ3) is 5.51. The molecule has 6 atom stereocenters. The summed E-state index contributed by atoms with van der Waals surface area (Å²) in [5.41, 5.74) is 2.94. The molecule has 4 rings (SSSR count). The number of benzene rings is 1. The number of nitrogens with two attached hydrogens (primary N) is 1. The van der Waals surface area contributed by atoms with E-state index in [1.54, 1.807) is 25.9 Å². The van der Waals surface area contributed by atoms with Crippen molar-refractivity contribution < 1.29 is 48.5 Å². The Hall–Kier alpha value is -4.37. The van der Waals surface area contributed by atoms with Crippen molar-refractivity contribution in [2.75, 3.05) is 58.1 Å². The minimum atomic E-state index is -2.85. The van der Waals surface area contributed by atoms with Gasteiger partial charge in [-0.3, -0.25) is 38.6 Å². The van der Waals surface area contributed by atoms with Gasteiger partial charge in [-0.05, 0) is 57.8 Å². The van der Waals surface area contributed by atoms with Crippen molar-refractivity contribution in [3.05, 3.63) is 17.2 Å². The number of hydrogen-bond acceptors (Lipinski definition) is 12. The molecule has 0 saturated heterocycles. The first-order chi connectivity index (χ1) is 21.5. The fourth-order valence-electron chi connectivity index (χ4n) is 7.23. The van der Waals surface area contributed by atoms with E-state index in [-0.39, 0.29) is 37.2 Å². The molecule has 2 unspecified atom stereocenters. The van der Waals surface area contributed by atoms with Gasteiger partial charge >= 0.3 is 6.09 Å². The number of rotatable bonds is 9. The first-order valence-electron chi connectivity index (χ1n) is 15.1. The molecular formula is C31H41N5O10. The highest BCUT2D eigenvalue weighted by Gasteiger charge is 2.69. The van der Waals surface area contributed by atoms with E-state index in [9.17, 15) is 43.8 Å². The lowest BCUT2D eigenvalue weighted by Crippen LogP contribution is -2.74. The molecule has 1 aromatic carbocycles. The highest BCUT2D eigenvalue weighted by atomic mass is 16.6. The Morgan fingerprint density at radius 1 is 1.09 bits per heavy atom. The van der Waals surface area contributed by atoms with E-state index in [0.717, 1.165) is 0 Å². The van der Waals surface area contributed by atoms with Crippen LogP contribution in [0.4, 0.5) is 16.2 Å². The molecule has 2 saturated carbocycles. The van der Waals surface area contributed by atoms with Gasteiger partial charge in [0.2, 0.25) is 11.8 Å². The van der Waals surface area contributed by atoms with Crippen molar-refractivity contribution in [3.63, 3.8) is 0 Å². The van der Waals surface area contributed by atoms with Crippen molar-refractivity contribution in [2.45, 2.75) is 44.8 Å². The van der Waals surface area contributed by atoms with Crippen molar-refractivity contribution in [3.8, 4) is 5.75 Å². The van der Waals surface area contributed by atoms with E-state index in [1.807, 2.05) is 6.92 Å². The number of ether oxygens (including phenoxy) is 1. The normalized spacial score (nSPS) is 27.0. The van der Waals surface area contributed by atoms with Crippen molar-refractivity contribution in [1.82, 2.24) is 9.80 Å². The van der Waals surface area contributed by atoms with Crippen LogP contribution in [0.5, 0.6) is 5.75 Å². The van der Waals surface area contributed by atoms with E-state index in [1.165, 1.54) is 30.0 Å². The third-order valence-electron chi connectivity index (χ3n) is 9.15. The van der Waals surface area contributed by atoms with Crippen LogP contribution in [0.2, 0.25) is 0 Å². The first kappa shape index (κ1) is 34.5. The van der Waals surface area contributed by atoms with Crippen molar-refractivity contribution in [1.29, 1.82) is 0 Å². The number of nitrogens with zero attached hydrogens (tertiary/aromatic N) is 3. The number of primary amides is 1. The molecule has 0 heterocycles. The number of likely N-dealkylation sites (N-methyl/N-ethyl adjacent to an activating group) is 1. The zero-order chi connectivity index (χ0) is 34.4. The summed E-state index contributed by atoms with van der Waals surface area (Å²) in [5, 5.41) is 25.7. The maximum Gasteiger partial charge on any atom is 0.410 e. The predicted octanol–water partition coefficient (Wildman–Crippen LogP) is -0.260. The summed E-state index contributed by atoms with van der Waals surface area (Å²) >= 11 is 0. The molecule has 1 aromatic rings. The van der Waals surface area contributed by atoms with E-state index in [4.69, 9.17) is 10.5 Å². The maximum atomic E-state index is 14.2. The third-order valence-corrected chi connectivity index (χ3v) is 9.15. The second kappa shape index (κ2) is 12.8. The number of fused-ring (bicyclic) bond motifs is 3. The maximum absolute atomic E-state index is 14.2. The Morgan fingerprint density at radius 3 is 2.28 bits per heavy atom. The molecule has 46 heavy (non-hydrogen) atoms. The monoisotopic (exact) mass is 643 g/mol. The van der Waals surface area contributed by atoms with Crippen LogP contribution in [0.3, 0.4) is 0 Å². The number of anilines is 2. The van der Waals surface area contributed by atoms with Crippen molar-refractivity contribution >= 4 is 52.4 Å². The topological polar surface area (TPSA) is 217 Å². The second-order valence-corrected chi connectivity index (χ2v) is 12.5. The van der Waals surface area contributed by atoms with Gasteiger partial charge in [-0.15, -0.1) is 0 Å². The molecule has 3 aliphatic rings. The number of nitrogens with one attached hydrogen (secondary N) is 1. The van der Waals surface area contributed by atoms with Gasteiger partial charge in [0.1, 0.15) is 12.3 Å². The van der Waals surface area contributed by atoms with Gasteiger partial charge in [0.25, 0.3) is 0 Å². The summed E-state index contributed by atoms with van der Waals surface area (Å²) in [7, 11) is 6.41. The fraction of sp³-hybridized carbons (Fsp3) is 0.581. The molecule has 0 spiro atoms. The number of hydrogen-bond donors (Lipinski definition) is 4. The number of aromatic hydroxyl groups is 1. The van der Waals surface area contributed by atoms with Crippen LogP contribution in [0.25, 0.3) is 0 Å². The fourth-order valence-corrected chi connectivity index (χ4v) is 7.23. The van der Waals surface area contributed by atoms with Crippen LogP contribution in [0.1, 0.15) is 42.6 Å². The Morgan fingerprint density at radius 2 is 1.74 bits per heavy atom. The highest BCUT2D eigenvalue weighted by Crippen LogP contribution is 2.52. The largest absolute Gasteiger partial charge is 0.505 e. The average molecular weight is 644 g/mol. The predicted molar refractivity (Wildman–Crippen MR) is 163 cm³/mol. The Kier molecular flexibility index (Phi) is 9.59. The van der Waals surface area contributed by atoms with Gasteiger partial charge in [-0.25, -0.2) is 4.79 Å². The molecule has 0 aromatic heterocycles. The van der Waals surface area contributed by atoms with Crippen LogP contribution in [0.15, 0.2) is 6.07 Å². The van der Waals surface area contributed by atoms with E-state index >= 15 is 0 Å². The number of carbonyl (C=O) groups excluding carboxylic acids is 7. The second-order valence-electron chi connectivity index (χ2n) is 12.5. The Labute approximate surface area is 266 Å². The summed E-state index contributed by atoms with van der Waals surface area (Å²) in [6.45, 7) is 3.39. The van der Waals surface area contributed by atoms with Crippen LogP contribution in [0, 0.1) is 23.7 Å². The molecular weight excluding hydrogens is 602 g/mol. The molecule has 5 N–H and O–H groups in total. The molecule has 15 heteroatoms. The lowest BCUT2D eigenvalue weighted by Gasteiger charge is -2.52. The molecule has 15 nitrogen and oxygen atoms in total. The number of phenols is 1. The van der Waals surface area contributed by atoms with E-state index in [0.29, 0.717) is 17.7 Å². The van der Waals surface area contributed by atoms with Gasteiger partial charge in [0.15, 0.2) is 34.7 Å². The van der Waals surface area contributed by atoms with Crippen LogP contribution >= 0.6 is 0 Å². The summed E-state index contributed by atoms with van der Waals surface area (Å²) in [6.07, 6.45) is -0.165. The van der Waals surface area contributed by atoms with Crippen LogP contribution in [-0.2, 0) is 35.1 Å².